The monoisotopic (exact) mass is 142 g/mol. The lowest BCUT2D eigenvalue weighted by atomic mass is 9.86. The minimum atomic E-state index is 0.291. The third-order valence-electron chi connectivity index (χ3n) is 1.95. The fraction of sp³-hybridized carbons (Fsp3) is 0.778. The Morgan fingerprint density at radius 2 is 1.80 bits per heavy atom. The van der Waals surface area contributed by atoms with Gasteiger partial charge in [0.15, 0.2) is 0 Å². The maximum absolute atomic E-state index is 3.97. The molecular weight excluding hydrogens is 122 g/mol. The van der Waals surface area contributed by atoms with Gasteiger partial charge in [0.2, 0.25) is 0 Å². The molecule has 0 fully saturated rings. The summed E-state index contributed by atoms with van der Waals surface area (Å²) in [4.78, 5) is 1.48. The summed E-state index contributed by atoms with van der Waals surface area (Å²) in [7, 11) is 4.34. The molecule has 0 spiro atoms. The molecule has 0 aromatic rings. The van der Waals surface area contributed by atoms with E-state index >= 15 is 0 Å². The first-order chi connectivity index (χ1) is 4.36. The number of rotatable bonds is 3. The van der Waals surface area contributed by atoms with Crippen molar-refractivity contribution in [2.75, 3.05) is 20.6 Å². The SMILES string of the molecule is C=C(C)C(C)(C)C[NH+](C)C. The zero-order valence-electron chi connectivity index (χ0n) is 7.91. The number of quaternary nitrogens is 1. The third kappa shape index (κ3) is 3.02. The molecule has 10 heavy (non-hydrogen) atoms. The van der Waals surface area contributed by atoms with E-state index in [0.29, 0.717) is 5.41 Å². The maximum Gasteiger partial charge on any atom is 0.0856 e. The Labute approximate surface area is 64.7 Å². The number of hydrogen-bond acceptors (Lipinski definition) is 0. The smallest absolute Gasteiger partial charge is 0.0856 e. The van der Waals surface area contributed by atoms with Crippen molar-refractivity contribution in [3.63, 3.8) is 0 Å². The van der Waals surface area contributed by atoms with Gasteiger partial charge in [0, 0.05) is 5.41 Å². The molecule has 0 heterocycles. The van der Waals surface area contributed by atoms with Crippen LogP contribution in [0.25, 0.3) is 0 Å². The highest BCUT2D eigenvalue weighted by atomic mass is 15.1. The van der Waals surface area contributed by atoms with Gasteiger partial charge in [-0.1, -0.05) is 26.0 Å². The number of nitrogens with one attached hydrogen (secondary N) is 1. The first-order valence-electron chi connectivity index (χ1n) is 3.81. The second-order valence-corrected chi connectivity index (χ2v) is 4.05. The largest absolute Gasteiger partial charge is 0.339 e. The summed E-state index contributed by atoms with van der Waals surface area (Å²) < 4.78 is 0. The Kier molecular flexibility index (Phi) is 3.10. The minimum Gasteiger partial charge on any atom is -0.339 e. The first-order valence-corrected chi connectivity index (χ1v) is 3.81. The van der Waals surface area contributed by atoms with Crippen LogP contribution in [0, 0.1) is 5.41 Å². The van der Waals surface area contributed by atoms with Crippen molar-refractivity contribution in [3.05, 3.63) is 12.2 Å². The molecule has 0 aliphatic carbocycles. The van der Waals surface area contributed by atoms with Crippen molar-refractivity contribution >= 4 is 0 Å². The molecule has 0 bridgehead atoms. The van der Waals surface area contributed by atoms with Gasteiger partial charge in [-0.2, -0.15) is 0 Å². The molecule has 0 aromatic carbocycles. The zero-order valence-corrected chi connectivity index (χ0v) is 7.91. The van der Waals surface area contributed by atoms with Gasteiger partial charge in [-0.05, 0) is 6.92 Å². The summed E-state index contributed by atoms with van der Waals surface area (Å²) >= 11 is 0. The van der Waals surface area contributed by atoms with Crippen LogP contribution in [-0.4, -0.2) is 20.6 Å². The van der Waals surface area contributed by atoms with Crippen LogP contribution >= 0.6 is 0 Å². The Morgan fingerprint density at radius 1 is 1.40 bits per heavy atom. The van der Waals surface area contributed by atoms with Crippen LogP contribution in [0.1, 0.15) is 20.8 Å². The van der Waals surface area contributed by atoms with Crippen LogP contribution in [0.15, 0.2) is 12.2 Å². The van der Waals surface area contributed by atoms with E-state index in [4.69, 9.17) is 0 Å². The lowest BCUT2D eigenvalue weighted by Crippen LogP contribution is -3.07. The molecule has 0 atom stereocenters. The average molecular weight is 142 g/mol. The van der Waals surface area contributed by atoms with Gasteiger partial charge in [-0.15, -0.1) is 0 Å². The molecule has 0 rings (SSSR count). The van der Waals surface area contributed by atoms with Crippen molar-refractivity contribution < 1.29 is 4.90 Å². The van der Waals surface area contributed by atoms with Crippen molar-refractivity contribution in [2.45, 2.75) is 20.8 Å². The highest BCUT2D eigenvalue weighted by Crippen LogP contribution is 2.21. The molecule has 0 amide bonds. The Morgan fingerprint density at radius 3 is 1.90 bits per heavy atom. The number of hydrogen-bond donors (Lipinski definition) is 1. The van der Waals surface area contributed by atoms with E-state index < -0.39 is 0 Å². The van der Waals surface area contributed by atoms with E-state index in [1.807, 2.05) is 0 Å². The van der Waals surface area contributed by atoms with Crippen molar-refractivity contribution in [1.29, 1.82) is 0 Å². The molecule has 60 valence electrons. The zero-order chi connectivity index (χ0) is 8.36. The third-order valence-corrected chi connectivity index (χ3v) is 1.95. The van der Waals surface area contributed by atoms with Gasteiger partial charge in [-0.3, -0.25) is 0 Å². The molecule has 1 nitrogen and oxygen atoms in total. The second-order valence-electron chi connectivity index (χ2n) is 4.05. The summed E-state index contributed by atoms with van der Waals surface area (Å²) in [6.07, 6.45) is 0. The van der Waals surface area contributed by atoms with Crippen molar-refractivity contribution in [1.82, 2.24) is 0 Å². The van der Waals surface area contributed by atoms with Gasteiger partial charge in [0.25, 0.3) is 0 Å². The van der Waals surface area contributed by atoms with E-state index in [1.54, 1.807) is 0 Å². The van der Waals surface area contributed by atoms with Gasteiger partial charge in [0.05, 0.1) is 20.6 Å². The van der Waals surface area contributed by atoms with Crippen molar-refractivity contribution in [2.24, 2.45) is 5.41 Å². The van der Waals surface area contributed by atoms with Crippen LogP contribution in [-0.2, 0) is 0 Å². The molecule has 0 aliphatic rings. The molecule has 0 radical (unpaired) electrons. The standard InChI is InChI=1S/C9H19N/c1-8(2)9(3,4)7-10(5)6/h1,7H2,2-6H3/p+1. The normalized spacial score (nSPS) is 12.2. The lowest BCUT2D eigenvalue weighted by molar-refractivity contribution is -0.864. The van der Waals surface area contributed by atoms with E-state index in [2.05, 4.69) is 41.4 Å². The summed E-state index contributed by atoms with van der Waals surface area (Å²) in [6, 6.07) is 0. The molecule has 0 saturated carbocycles. The predicted octanol–water partition coefficient (Wildman–Crippen LogP) is 0.733. The van der Waals surface area contributed by atoms with E-state index in [0.717, 1.165) is 6.54 Å². The predicted molar refractivity (Wildman–Crippen MR) is 46.3 cm³/mol. The summed E-state index contributed by atoms with van der Waals surface area (Å²) in [6.45, 7) is 11.7. The van der Waals surface area contributed by atoms with E-state index in [-0.39, 0.29) is 0 Å². The summed E-state index contributed by atoms with van der Waals surface area (Å²) in [5.74, 6) is 0. The van der Waals surface area contributed by atoms with E-state index in [1.165, 1.54) is 10.5 Å². The second kappa shape index (κ2) is 3.20. The Hall–Kier alpha value is -0.300. The quantitative estimate of drug-likeness (QED) is 0.554. The van der Waals surface area contributed by atoms with E-state index in [9.17, 15) is 0 Å². The fourth-order valence-electron chi connectivity index (χ4n) is 1.03. The topological polar surface area (TPSA) is 4.44 Å². The highest BCUT2D eigenvalue weighted by molar-refractivity contribution is 5.02. The van der Waals surface area contributed by atoms with Crippen LogP contribution in [0.3, 0.4) is 0 Å². The van der Waals surface area contributed by atoms with Crippen LogP contribution in [0.4, 0.5) is 0 Å². The van der Waals surface area contributed by atoms with Crippen molar-refractivity contribution in [3.8, 4) is 0 Å². The molecule has 0 aromatic heterocycles. The summed E-state index contributed by atoms with van der Waals surface area (Å²) in [5.41, 5.74) is 1.56. The Bertz CT molecular complexity index is 123. The van der Waals surface area contributed by atoms with Gasteiger partial charge in [0.1, 0.15) is 0 Å². The van der Waals surface area contributed by atoms with Gasteiger partial charge >= 0.3 is 0 Å². The maximum atomic E-state index is 3.97. The Balaban J connectivity index is 4.00. The molecule has 0 aliphatic heterocycles. The molecule has 0 unspecified atom stereocenters. The van der Waals surface area contributed by atoms with Crippen LogP contribution < -0.4 is 4.90 Å². The molecule has 0 saturated heterocycles. The molecule has 1 N–H and O–H groups in total. The molecular formula is C9H20N+. The average Bonchev–Trinajstić information content (AvgIpc) is 1.60. The van der Waals surface area contributed by atoms with Gasteiger partial charge < -0.3 is 4.90 Å². The van der Waals surface area contributed by atoms with Crippen LogP contribution in [0.2, 0.25) is 0 Å². The fourth-order valence-corrected chi connectivity index (χ4v) is 1.03. The summed E-state index contributed by atoms with van der Waals surface area (Å²) in [5, 5.41) is 0. The van der Waals surface area contributed by atoms with Crippen LogP contribution in [0.5, 0.6) is 0 Å². The van der Waals surface area contributed by atoms with Gasteiger partial charge in [-0.25, -0.2) is 0 Å². The highest BCUT2D eigenvalue weighted by Gasteiger charge is 2.21. The first kappa shape index (κ1) is 9.70. The minimum absolute atomic E-state index is 0.291. The molecule has 1 heteroatoms. The lowest BCUT2D eigenvalue weighted by Gasteiger charge is -2.25.